The first kappa shape index (κ1) is 15.4. The zero-order valence-electron chi connectivity index (χ0n) is 11.0. The van der Waals surface area contributed by atoms with Gasteiger partial charge in [-0.1, -0.05) is 0 Å². The smallest absolute Gasteiger partial charge is 0.337 e. The summed E-state index contributed by atoms with van der Waals surface area (Å²) in [5.41, 5.74) is 0.241. The van der Waals surface area contributed by atoms with Gasteiger partial charge in [0.25, 0.3) is 0 Å². The largest absolute Gasteiger partial charge is 0.478 e. The number of hydrogen-bond acceptors (Lipinski definition) is 4. The molecular weight excluding hydrogens is 264 g/mol. The van der Waals surface area contributed by atoms with E-state index in [-0.39, 0.29) is 30.1 Å². The predicted octanol–water partition coefficient (Wildman–Crippen LogP) is 0.427. The van der Waals surface area contributed by atoms with Gasteiger partial charge in [-0.05, 0) is 13.0 Å². The maximum absolute atomic E-state index is 11.5. The molecule has 4 N–H and O–H groups in total. The SMILES string of the molecule is CCNC(=O)CCNC(=O)Nc1cncc(C(=O)O)c1. The normalized spacial score (nSPS) is 9.65. The number of carboxylic acid groups (broad SMARTS) is 1. The number of carbonyl (C=O) groups excluding carboxylic acids is 2. The molecule has 0 atom stereocenters. The van der Waals surface area contributed by atoms with Crippen molar-refractivity contribution in [2.75, 3.05) is 18.4 Å². The lowest BCUT2D eigenvalue weighted by Crippen LogP contribution is -2.33. The first-order chi connectivity index (χ1) is 9.52. The summed E-state index contributed by atoms with van der Waals surface area (Å²) in [6, 6.07) is 0.761. The molecule has 0 radical (unpaired) electrons. The van der Waals surface area contributed by atoms with E-state index in [1.165, 1.54) is 18.5 Å². The van der Waals surface area contributed by atoms with Gasteiger partial charge in [0.2, 0.25) is 5.91 Å². The highest BCUT2D eigenvalue weighted by molar-refractivity contribution is 5.92. The molecule has 8 nitrogen and oxygen atoms in total. The topological polar surface area (TPSA) is 120 Å². The minimum absolute atomic E-state index is 0.0230. The highest BCUT2D eigenvalue weighted by Gasteiger charge is 2.07. The Kier molecular flexibility index (Phi) is 5.95. The van der Waals surface area contributed by atoms with E-state index in [2.05, 4.69) is 20.9 Å². The van der Waals surface area contributed by atoms with Crippen molar-refractivity contribution in [2.45, 2.75) is 13.3 Å². The number of amides is 3. The number of nitrogens with one attached hydrogen (secondary N) is 3. The molecule has 0 aliphatic carbocycles. The number of aromatic nitrogens is 1. The maximum Gasteiger partial charge on any atom is 0.337 e. The average molecular weight is 280 g/mol. The van der Waals surface area contributed by atoms with Crippen molar-refractivity contribution in [1.82, 2.24) is 15.6 Å². The van der Waals surface area contributed by atoms with Crippen LogP contribution in [0.1, 0.15) is 23.7 Å². The van der Waals surface area contributed by atoms with Crippen molar-refractivity contribution in [1.29, 1.82) is 0 Å². The van der Waals surface area contributed by atoms with Crippen LogP contribution in [-0.4, -0.2) is 41.1 Å². The fourth-order valence-electron chi connectivity index (χ4n) is 1.38. The number of urea groups is 1. The Labute approximate surface area is 115 Å². The minimum Gasteiger partial charge on any atom is -0.478 e. The second kappa shape index (κ2) is 7.72. The van der Waals surface area contributed by atoms with Gasteiger partial charge in [0, 0.05) is 25.7 Å². The molecule has 0 fully saturated rings. The van der Waals surface area contributed by atoms with Gasteiger partial charge in [-0.25, -0.2) is 9.59 Å². The van der Waals surface area contributed by atoms with E-state index in [4.69, 9.17) is 5.11 Å². The van der Waals surface area contributed by atoms with Gasteiger partial charge in [0.1, 0.15) is 0 Å². The number of hydrogen-bond donors (Lipinski definition) is 4. The van der Waals surface area contributed by atoms with Crippen LogP contribution in [0.4, 0.5) is 10.5 Å². The molecule has 0 aliphatic rings. The first-order valence-electron chi connectivity index (χ1n) is 6.02. The number of aromatic carboxylic acids is 1. The van der Waals surface area contributed by atoms with Gasteiger partial charge < -0.3 is 21.1 Å². The summed E-state index contributed by atoms with van der Waals surface area (Å²) in [5, 5.41) is 16.3. The molecule has 20 heavy (non-hydrogen) atoms. The summed E-state index contributed by atoms with van der Waals surface area (Å²) in [6.07, 6.45) is 2.69. The first-order valence-corrected chi connectivity index (χ1v) is 6.02. The van der Waals surface area contributed by atoms with E-state index in [0.717, 1.165) is 0 Å². The molecule has 0 saturated carbocycles. The van der Waals surface area contributed by atoms with Crippen LogP contribution >= 0.6 is 0 Å². The van der Waals surface area contributed by atoms with Gasteiger partial charge in [0.05, 0.1) is 17.4 Å². The Morgan fingerprint density at radius 3 is 2.65 bits per heavy atom. The van der Waals surface area contributed by atoms with E-state index in [0.29, 0.717) is 6.54 Å². The molecule has 1 aromatic rings. The molecule has 1 aromatic heterocycles. The maximum atomic E-state index is 11.5. The highest BCUT2D eigenvalue weighted by atomic mass is 16.4. The second-order valence-corrected chi connectivity index (χ2v) is 3.85. The summed E-state index contributed by atoms with van der Waals surface area (Å²) < 4.78 is 0. The molecule has 0 spiro atoms. The predicted molar refractivity (Wildman–Crippen MR) is 71.5 cm³/mol. The van der Waals surface area contributed by atoms with E-state index in [1.807, 2.05) is 0 Å². The lowest BCUT2D eigenvalue weighted by molar-refractivity contribution is -0.120. The third-order valence-electron chi connectivity index (χ3n) is 2.25. The fraction of sp³-hybridized carbons (Fsp3) is 0.333. The lowest BCUT2D eigenvalue weighted by Gasteiger charge is -2.07. The summed E-state index contributed by atoms with van der Waals surface area (Å²) in [6.45, 7) is 2.53. The van der Waals surface area contributed by atoms with Crippen LogP contribution in [0.3, 0.4) is 0 Å². The Hall–Kier alpha value is -2.64. The molecule has 0 aromatic carbocycles. The van der Waals surface area contributed by atoms with Crippen molar-refractivity contribution in [3.63, 3.8) is 0 Å². The van der Waals surface area contributed by atoms with Crippen molar-refractivity contribution in [3.05, 3.63) is 24.0 Å². The van der Waals surface area contributed by atoms with Gasteiger partial charge in [0.15, 0.2) is 0 Å². The van der Waals surface area contributed by atoms with Crippen molar-refractivity contribution < 1.29 is 19.5 Å². The summed E-state index contributed by atoms with van der Waals surface area (Å²) in [5.74, 6) is -1.28. The molecule has 3 amide bonds. The summed E-state index contributed by atoms with van der Waals surface area (Å²) in [7, 11) is 0. The Bertz CT molecular complexity index is 504. The molecule has 1 heterocycles. The molecule has 0 unspecified atom stereocenters. The number of anilines is 1. The second-order valence-electron chi connectivity index (χ2n) is 3.85. The molecule has 0 bridgehead atoms. The van der Waals surface area contributed by atoms with Crippen LogP contribution in [0.5, 0.6) is 0 Å². The number of nitrogens with zero attached hydrogens (tertiary/aromatic N) is 1. The molecular formula is C12H16N4O4. The Morgan fingerprint density at radius 2 is 2.00 bits per heavy atom. The van der Waals surface area contributed by atoms with E-state index >= 15 is 0 Å². The van der Waals surface area contributed by atoms with Crippen LogP contribution in [0.25, 0.3) is 0 Å². The van der Waals surface area contributed by atoms with Gasteiger partial charge >= 0.3 is 12.0 Å². The van der Waals surface area contributed by atoms with Crippen LogP contribution in [0, 0.1) is 0 Å². The van der Waals surface area contributed by atoms with Crippen LogP contribution in [-0.2, 0) is 4.79 Å². The summed E-state index contributed by atoms with van der Waals surface area (Å²) in [4.78, 5) is 37.1. The zero-order chi connectivity index (χ0) is 15.0. The quantitative estimate of drug-likeness (QED) is 0.602. The Balaban J connectivity index is 2.41. The zero-order valence-corrected chi connectivity index (χ0v) is 11.0. The van der Waals surface area contributed by atoms with Crippen LogP contribution < -0.4 is 16.0 Å². The lowest BCUT2D eigenvalue weighted by atomic mass is 10.2. The monoisotopic (exact) mass is 280 g/mol. The van der Waals surface area contributed by atoms with E-state index in [9.17, 15) is 14.4 Å². The molecule has 0 saturated heterocycles. The molecule has 0 aliphatic heterocycles. The third-order valence-corrected chi connectivity index (χ3v) is 2.25. The fourth-order valence-corrected chi connectivity index (χ4v) is 1.38. The van der Waals surface area contributed by atoms with Crippen molar-refractivity contribution in [3.8, 4) is 0 Å². The van der Waals surface area contributed by atoms with Gasteiger partial charge in [-0.15, -0.1) is 0 Å². The van der Waals surface area contributed by atoms with Crippen LogP contribution in [0.2, 0.25) is 0 Å². The van der Waals surface area contributed by atoms with Gasteiger partial charge in [-0.2, -0.15) is 0 Å². The Morgan fingerprint density at radius 1 is 1.25 bits per heavy atom. The van der Waals surface area contributed by atoms with Crippen molar-refractivity contribution in [2.24, 2.45) is 0 Å². The highest BCUT2D eigenvalue weighted by Crippen LogP contribution is 2.07. The van der Waals surface area contributed by atoms with Crippen LogP contribution in [0.15, 0.2) is 18.5 Å². The molecule has 8 heteroatoms. The average Bonchev–Trinajstić information content (AvgIpc) is 2.39. The number of rotatable bonds is 6. The number of carboxylic acids is 1. The van der Waals surface area contributed by atoms with E-state index < -0.39 is 12.0 Å². The van der Waals surface area contributed by atoms with E-state index in [1.54, 1.807) is 6.92 Å². The van der Waals surface area contributed by atoms with Gasteiger partial charge in [-0.3, -0.25) is 9.78 Å². The molecule has 1 rings (SSSR count). The number of pyridine rings is 1. The standard InChI is InChI=1S/C12H16N4O4/c1-2-14-10(17)3-4-15-12(20)16-9-5-8(11(18)19)6-13-7-9/h5-7H,2-4H2,1H3,(H,14,17)(H,18,19)(H2,15,16,20). The number of carbonyl (C=O) groups is 3. The van der Waals surface area contributed by atoms with Crippen molar-refractivity contribution >= 4 is 23.6 Å². The third kappa shape index (κ3) is 5.34. The minimum atomic E-state index is -1.13. The molecule has 108 valence electrons. The summed E-state index contributed by atoms with van der Waals surface area (Å²) >= 11 is 0.